The fourth-order valence-electron chi connectivity index (χ4n) is 4.60. The SMILES string of the molecule is CCCC1=C(C(=O)OCC)[C@@H](c2ccc(C(C)C)cc2)n2c(s/c(=C\c3cc(I)c(OCC)c(I)c3)c2=O)=N1. The lowest BCUT2D eigenvalue weighted by molar-refractivity contribution is -0.139. The van der Waals surface area contributed by atoms with Gasteiger partial charge in [-0.25, -0.2) is 9.79 Å². The molecule has 0 spiro atoms. The van der Waals surface area contributed by atoms with E-state index in [1.54, 1.807) is 11.5 Å². The van der Waals surface area contributed by atoms with Gasteiger partial charge in [-0.2, -0.15) is 0 Å². The van der Waals surface area contributed by atoms with Crippen LogP contribution in [-0.4, -0.2) is 23.8 Å². The van der Waals surface area contributed by atoms with Gasteiger partial charge in [-0.3, -0.25) is 9.36 Å². The highest BCUT2D eigenvalue weighted by atomic mass is 127. The molecule has 4 rings (SSSR count). The van der Waals surface area contributed by atoms with Crippen LogP contribution >= 0.6 is 56.5 Å². The van der Waals surface area contributed by atoms with E-state index in [0.717, 1.165) is 30.4 Å². The summed E-state index contributed by atoms with van der Waals surface area (Å²) in [6.07, 6.45) is 3.34. The molecule has 0 amide bonds. The third-order valence-corrected chi connectivity index (χ3v) is 9.00. The quantitative estimate of drug-likeness (QED) is 0.189. The van der Waals surface area contributed by atoms with Crippen molar-refractivity contribution < 1.29 is 14.3 Å². The average molecular weight is 770 g/mol. The molecule has 0 saturated heterocycles. The molecular formula is C30H32I2N2O4S. The van der Waals surface area contributed by atoms with Gasteiger partial charge >= 0.3 is 5.97 Å². The first kappa shape index (κ1) is 30.0. The van der Waals surface area contributed by atoms with Crippen molar-refractivity contribution in [1.29, 1.82) is 0 Å². The predicted molar refractivity (Wildman–Crippen MR) is 173 cm³/mol. The number of carbonyl (C=O) groups is 1. The van der Waals surface area contributed by atoms with Gasteiger partial charge in [0.1, 0.15) is 5.75 Å². The second-order valence-corrected chi connectivity index (χ2v) is 12.8. The van der Waals surface area contributed by atoms with Crippen LogP contribution in [0.25, 0.3) is 6.08 Å². The highest BCUT2D eigenvalue weighted by molar-refractivity contribution is 14.1. The van der Waals surface area contributed by atoms with Gasteiger partial charge in [0.15, 0.2) is 4.80 Å². The molecule has 0 saturated carbocycles. The van der Waals surface area contributed by atoms with E-state index in [0.29, 0.717) is 39.5 Å². The molecular weight excluding hydrogens is 738 g/mol. The highest BCUT2D eigenvalue weighted by Crippen LogP contribution is 2.33. The molecule has 6 nitrogen and oxygen atoms in total. The third-order valence-electron chi connectivity index (χ3n) is 6.42. The monoisotopic (exact) mass is 770 g/mol. The Morgan fingerprint density at radius 1 is 1.10 bits per heavy atom. The van der Waals surface area contributed by atoms with Crippen molar-refractivity contribution in [2.45, 2.75) is 59.4 Å². The van der Waals surface area contributed by atoms with Crippen LogP contribution in [0.1, 0.15) is 76.1 Å². The number of thiazole rings is 1. The molecule has 39 heavy (non-hydrogen) atoms. The molecule has 1 aliphatic heterocycles. The first-order valence-corrected chi connectivity index (χ1v) is 16.1. The molecule has 9 heteroatoms. The second-order valence-electron chi connectivity index (χ2n) is 9.48. The fourth-order valence-corrected chi connectivity index (χ4v) is 7.74. The lowest BCUT2D eigenvalue weighted by atomic mass is 9.92. The van der Waals surface area contributed by atoms with E-state index in [1.165, 1.54) is 16.9 Å². The third kappa shape index (κ3) is 6.35. The number of carbonyl (C=O) groups excluding carboxylic acids is 1. The summed E-state index contributed by atoms with van der Waals surface area (Å²) >= 11 is 5.88. The molecule has 0 bridgehead atoms. The number of hydrogen-bond donors (Lipinski definition) is 0. The highest BCUT2D eigenvalue weighted by Gasteiger charge is 2.34. The maximum absolute atomic E-state index is 14.0. The van der Waals surface area contributed by atoms with Crippen LogP contribution in [0, 0.1) is 7.14 Å². The Morgan fingerprint density at radius 3 is 2.33 bits per heavy atom. The number of aromatic nitrogens is 1. The van der Waals surface area contributed by atoms with E-state index >= 15 is 0 Å². The minimum absolute atomic E-state index is 0.173. The van der Waals surface area contributed by atoms with Crippen LogP contribution in [0.5, 0.6) is 5.75 Å². The molecule has 0 aliphatic carbocycles. The molecule has 2 heterocycles. The molecule has 0 radical (unpaired) electrons. The lowest BCUT2D eigenvalue weighted by Gasteiger charge is -2.26. The van der Waals surface area contributed by atoms with Gasteiger partial charge in [0.25, 0.3) is 5.56 Å². The molecule has 1 aromatic heterocycles. The van der Waals surface area contributed by atoms with Crippen molar-refractivity contribution in [3.8, 4) is 5.75 Å². The Morgan fingerprint density at radius 2 is 1.77 bits per heavy atom. The number of halogens is 2. The second kappa shape index (κ2) is 13.1. The van der Waals surface area contributed by atoms with E-state index in [2.05, 4.69) is 78.1 Å². The summed E-state index contributed by atoms with van der Waals surface area (Å²) in [5.41, 5.74) is 3.93. The Labute approximate surface area is 260 Å². The minimum atomic E-state index is -0.606. The Kier molecular flexibility index (Phi) is 10.1. The summed E-state index contributed by atoms with van der Waals surface area (Å²) < 4.78 is 15.5. The zero-order valence-corrected chi connectivity index (χ0v) is 27.8. The zero-order valence-electron chi connectivity index (χ0n) is 22.7. The van der Waals surface area contributed by atoms with Crippen molar-refractivity contribution in [3.05, 3.63) is 91.2 Å². The average Bonchev–Trinajstić information content (AvgIpc) is 3.20. The number of rotatable bonds is 9. The number of esters is 1. The van der Waals surface area contributed by atoms with E-state index in [1.807, 2.05) is 37.3 Å². The van der Waals surface area contributed by atoms with Gasteiger partial charge < -0.3 is 9.47 Å². The van der Waals surface area contributed by atoms with E-state index in [-0.39, 0.29) is 12.2 Å². The van der Waals surface area contributed by atoms with Gasteiger partial charge in [0.05, 0.1) is 42.2 Å². The standard InChI is InChI=1S/C30H32I2N2O4S/c1-6-9-23-25(29(36)38-8-3)26(20-12-10-19(11-13-20)17(4)5)34-28(35)24(39-30(34)33-23)16-18-14-21(31)27(37-7-2)22(32)15-18/h10-17,26H,6-9H2,1-5H3/b24-16-/t26-/m1/s1. The normalized spacial score (nSPS) is 15.4. The summed E-state index contributed by atoms with van der Waals surface area (Å²) in [7, 11) is 0. The first-order chi connectivity index (χ1) is 18.7. The summed E-state index contributed by atoms with van der Waals surface area (Å²) in [6.45, 7) is 10.9. The topological polar surface area (TPSA) is 69.9 Å². The van der Waals surface area contributed by atoms with Gasteiger partial charge in [0.2, 0.25) is 0 Å². The zero-order chi connectivity index (χ0) is 28.3. The lowest BCUT2D eigenvalue weighted by Crippen LogP contribution is -2.40. The molecule has 0 N–H and O–H groups in total. The van der Waals surface area contributed by atoms with Crippen LogP contribution in [0.4, 0.5) is 0 Å². The summed E-state index contributed by atoms with van der Waals surface area (Å²) in [5.74, 6) is 0.800. The molecule has 1 atom stereocenters. The maximum Gasteiger partial charge on any atom is 0.338 e. The summed E-state index contributed by atoms with van der Waals surface area (Å²) in [5, 5.41) is 0. The molecule has 0 unspecified atom stereocenters. The van der Waals surface area contributed by atoms with Crippen molar-refractivity contribution in [3.63, 3.8) is 0 Å². The van der Waals surface area contributed by atoms with Gasteiger partial charge in [-0.15, -0.1) is 0 Å². The molecule has 3 aromatic rings. The summed E-state index contributed by atoms with van der Waals surface area (Å²) in [4.78, 5) is 32.8. The Balaban J connectivity index is 1.95. The number of ether oxygens (including phenoxy) is 2. The summed E-state index contributed by atoms with van der Waals surface area (Å²) in [6, 6.07) is 11.6. The van der Waals surface area contributed by atoms with Crippen molar-refractivity contribution >= 4 is 68.6 Å². The van der Waals surface area contributed by atoms with Crippen molar-refractivity contribution in [2.24, 2.45) is 4.99 Å². The Hall–Kier alpha value is -1.99. The van der Waals surface area contributed by atoms with Crippen LogP contribution in [0.3, 0.4) is 0 Å². The van der Waals surface area contributed by atoms with Crippen LogP contribution in [0.15, 0.2) is 57.5 Å². The maximum atomic E-state index is 14.0. The van der Waals surface area contributed by atoms with Crippen LogP contribution in [0.2, 0.25) is 0 Å². The number of benzene rings is 2. The number of allylic oxidation sites excluding steroid dienone is 1. The van der Waals surface area contributed by atoms with E-state index in [9.17, 15) is 9.59 Å². The molecule has 2 aromatic carbocycles. The van der Waals surface area contributed by atoms with Crippen molar-refractivity contribution in [1.82, 2.24) is 4.57 Å². The molecule has 0 fully saturated rings. The molecule has 1 aliphatic rings. The predicted octanol–water partition coefficient (Wildman–Crippen LogP) is 6.31. The van der Waals surface area contributed by atoms with Gasteiger partial charge in [-0.05, 0) is 106 Å². The smallest absolute Gasteiger partial charge is 0.338 e. The van der Waals surface area contributed by atoms with E-state index in [4.69, 9.17) is 14.5 Å². The Bertz CT molecular complexity index is 1560. The minimum Gasteiger partial charge on any atom is -0.492 e. The van der Waals surface area contributed by atoms with Gasteiger partial charge in [-0.1, -0.05) is 62.8 Å². The first-order valence-electron chi connectivity index (χ1n) is 13.1. The molecule has 206 valence electrons. The fraction of sp³-hybridized carbons (Fsp3) is 0.367. The number of fused-ring (bicyclic) bond motifs is 1. The van der Waals surface area contributed by atoms with E-state index < -0.39 is 12.0 Å². The van der Waals surface area contributed by atoms with Crippen molar-refractivity contribution in [2.75, 3.05) is 13.2 Å². The van der Waals surface area contributed by atoms with Gasteiger partial charge in [0, 0.05) is 0 Å². The van der Waals surface area contributed by atoms with Crippen LogP contribution < -0.4 is 19.6 Å². The number of nitrogens with zero attached hydrogens (tertiary/aromatic N) is 2. The number of hydrogen-bond acceptors (Lipinski definition) is 6. The largest absolute Gasteiger partial charge is 0.492 e. The van der Waals surface area contributed by atoms with Crippen LogP contribution in [-0.2, 0) is 9.53 Å².